The number of nitrogens with one attached hydrogen (secondary N) is 2. The average Bonchev–Trinajstić information content (AvgIpc) is 3.56. The molecule has 9 heteroatoms. The van der Waals surface area contributed by atoms with E-state index in [1.54, 1.807) is 17.5 Å². The van der Waals surface area contributed by atoms with Crippen LogP contribution in [0.4, 0.5) is 5.95 Å². The molecule has 0 unspecified atom stereocenters. The summed E-state index contributed by atoms with van der Waals surface area (Å²) in [5, 5.41) is 7.90. The van der Waals surface area contributed by atoms with E-state index in [1.165, 1.54) is 12.8 Å². The van der Waals surface area contributed by atoms with Gasteiger partial charge in [-0.1, -0.05) is 17.7 Å². The first-order valence-electron chi connectivity index (χ1n) is 12.5. The fourth-order valence-electron chi connectivity index (χ4n) is 4.65. The van der Waals surface area contributed by atoms with Crippen LogP contribution in [-0.2, 0) is 0 Å². The molecule has 1 aliphatic heterocycles. The summed E-state index contributed by atoms with van der Waals surface area (Å²) in [5.41, 5.74) is 1.40. The number of nitrogens with zero attached hydrogens (tertiary/aromatic N) is 4. The first kappa shape index (κ1) is 24.4. The second kappa shape index (κ2) is 10.8. The van der Waals surface area contributed by atoms with E-state index in [0.29, 0.717) is 34.3 Å². The Balaban J connectivity index is 1.22. The van der Waals surface area contributed by atoms with Crippen molar-refractivity contribution in [2.75, 3.05) is 45.6 Å². The van der Waals surface area contributed by atoms with Gasteiger partial charge in [0, 0.05) is 34.3 Å². The lowest BCUT2D eigenvalue weighted by Gasteiger charge is -2.35. The molecule has 2 fully saturated rings. The standard InChI is InChI=1S/C26H33ClN6OS/c1-32(2)18-9-13-33(14-10-18)12-4-11-28-26-29-16-21(27)24(31-26)23-15-20-19(5-3-6-22(20)35-23)25(34)30-17-7-8-17/h3,5-6,15-18H,4,7-14H2,1-2H3,(H,30,34)(H,28,29,31). The number of amides is 1. The van der Waals surface area contributed by atoms with E-state index in [9.17, 15) is 4.79 Å². The minimum Gasteiger partial charge on any atom is -0.354 e. The van der Waals surface area contributed by atoms with Crippen LogP contribution in [0.25, 0.3) is 20.7 Å². The van der Waals surface area contributed by atoms with E-state index in [1.807, 2.05) is 24.3 Å². The van der Waals surface area contributed by atoms with E-state index in [-0.39, 0.29) is 5.91 Å². The maximum Gasteiger partial charge on any atom is 0.252 e. The Labute approximate surface area is 215 Å². The number of fused-ring (bicyclic) bond motifs is 1. The summed E-state index contributed by atoms with van der Waals surface area (Å²) < 4.78 is 1.05. The summed E-state index contributed by atoms with van der Waals surface area (Å²) in [7, 11) is 4.35. The molecule has 2 aliphatic rings. The quantitative estimate of drug-likeness (QED) is 0.404. The van der Waals surface area contributed by atoms with Gasteiger partial charge in [-0.15, -0.1) is 11.3 Å². The predicted molar refractivity (Wildman–Crippen MR) is 145 cm³/mol. The number of hydrogen-bond donors (Lipinski definition) is 2. The highest BCUT2D eigenvalue weighted by molar-refractivity contribution is 7.22. The normalized spacial score (nSPS) is 17.3. The van der Waals surface area contributed by atoms with Crippen LogP contribution in [0, 0.1) is 0 Å². The van der Waals surface area contributed by atoms with Crippen molar-refractivity contribution in [3.63, 3.8) is 0 Å². The van der Waals surface area contributed by atoms with E-state index in [2.05, 4.69) is 39.5 Å². The van der Waals surface area contributed by atoms with Crippen molar-refractivity contribution < 1.29 is 4.79 Å². The lowest BCUT2D eigenvalue weighted by atomic mass is 10.0. The van der Waals surface area contributed by atoms with Crippen LogP contribution in [0.5, 0.6) is 0 Å². The van der Waals surface area contributed by atoms with Crippen LogP contribution in [0.3, 0.4) is 0 Å². The molecule has 3 heterocycles. The summed E-state index contributed by atoms with van der Waals surface area (Å²) >= 11 is 8.10. The Morgan fingerprint density at radius 3 is 2.77 bits per heavy atom. The fraction of sp³-hybridized carbons (Fsp3) is 0.500. The van der Waals surface area contributed by atoms with E-state index >= 15 is 0 Å². The van der Waals surface area contributed by atoms with E-state index in [4.69, 9.17) is 16.6 Å². The van der Waals surface area contributed by atoms with Crippen LogP contribution in [0.2, 0.25) is 5.02 Å². The zero-order valence-corrected chi connectivity index (χ0v) is 22.0. The molecule has 0 atom stereocenters. The number of thiophene rings is 1. The third kappa shape index (κ3) is 5.94. The number of rotatable bonds is 9. The van der Waals surface area contributed by atoms with Crippen molar-refractivity contribution in [1.82, 2.24) is 25.1 Å². The number of hydrogen-bond acceptors (Lipinski definition) is 7. The molecule has 1 saturated carbocycles. The van der Waals surface area contributed by atoms with Crippen molar-refractivity contribution in [2.24, 2.45) is 0 Å². The van der Waals surface area contributed by atoms with Gasteiger partial charge < -0.3 is 20.4 Å². The number of benzene rings is 1. The number of anilines is 1. The van der Waals surface area contributed by atoms with Crippen molar-refractivity contribution >= 4 is 44.9 Å². The maximum absolute atomic E-state index is 12.7. The van der Waals surface area contributed by atoms with E-state index in [0.717, 1.165) is 60.4 Å². The molecule has 1 aliphatic carbocycles. The molecule has 35 heavy (non-hydrogen) atoms. The molecule has 1 amide bonds. The summed E-state index contributed by atoms with van der Waals surface area (Å²) in [5.74, 6) is 0.574. The Hall–Kier alpha value is -2.26. The number of piperidine rings is 1. The second-order valence-electron chi connectivity index (χ2n) is 9.78. The number of aromatic nitrogens is 2. The molecular weight excluding hydrogens is 480 g/mol. The summed E-state index contributed by atoms with van der Waals surface area (Å²) in [6.07, 6.45) is 7.31. The number of halogens is 1. The van der Waals surface area contributed by atoms with Gasteiger partial charge in [0.05, 0.1) is 16.1 Å². The summed E-state index contributed by atoms with van der Waals surface area (Å²) in [6, 6.07) is 8.91. The number of likely N-dealkylation sites (tertiary alicyclic amines) is 1. The first-order valence-corrected chi connectivity index (χ1v) is 13.7. The Morgan fingerprint density at radius 2 is 2.03 bits per heavy atom. The number of carbonyl (C=O) groups is 1. The first-order chi connectivity index (χ1) is 17.0. The SMILES string of the molecule is CN(C)C1CCN(CCCNc2ncc(Cl)c(-c3cc4c(C(=O)NC5CC5)cccc4s3)n2)CC1. The molecule has 1 saturated heterocycles. The van der Waals surface area contributed by atoms with Gasteiger partial charge in [-0.3, -0.25) is 4.79 Å². The summed E-state index contributed by atoms with van der Waals surface area (Å²) in [4.78, 5) is 27.6. The zero-order valence-electron chi connectivity index (χ0n) is 20.4. The molecule has 7 nitrogen and oxygen atoms in total. The van der Waals surface area contributed by atoms with Gasteiger partial charge >= 0.3 is 0 Å². The smallest absolute Gasteiger partial charge is 0.252 e. The van der Waals surface area contributed by atoms with Crippen LogP contribution in [0.1, 0.15) is 42.5 Å². The average molecular weight is 513 g/mol. The second-order valence-corrected chi connectivity index (χ2v) is 11.3. The maximum atomic E-state index is 12.7. The molecular formula is C26H33ClN6OS. The molecule has 0 radical (unpaired) electrons. The summed E-state index contributed by atoms with van der Waals surface area (Å²) in [6.45, 7) is 4.22. The van der Waals surface area contributed by atoms with Gasteiger partial charge in [-0.2, -0.15) is 0 Å². The van der Waals surface area contributed by atoms with E-state index < -0.39 is 0 Å². The van der Waals surface area contributed by atoms with Gasteiger partial charge in [0.25, 0.3) is 5.91 Å². The van der Waals surface area contributed by atoms with Gasteiger partial charge in [0.1, 0.15) is 5.69 Å². The Kier molecular flexibility index (Phi) is 7.53. The molecule has 0 spiro atoms. The highest BCUT2D eigenvalue weighted by atomic mass is 35.5. The lowest BCUT2D eigenvalue weighted by Crippen LogP contribution is -2.42. The van der Waals surface area contributed by atoms with Crippen molar-refractivity contribution in [3.8, 4) is 10.6 Å². The molecule has 2 aromatic heterocycles. The van der Waals surface area contributed by atoms with Crippen molar-refractivity contribution in [3.05, 3.63) is 41.0 Å². The van der Waals surface area contributed by atoms with Crippen LogP contribution < -0.4 is 10.6 Å². The van der Waals surface area contributed by atoms with Gasteiger partial charge in [0.15, 0.2) is 0 Å². The third-order valence-corrected chi connectivity index (χ3v) is 8.30. The lowest BCUT2D eigenvalue weighted by molar-refractivity contribution is 0.0953. The van der Waals surface area contributed by atoms with Crippen molar-refractivity contribution in [2.45, 2.75) is 44.2 Å². The van der Waals surface area contributed by atoms with Crippen LogP contribution in [0.15, 0.2) is 30.5 Å². The third-order valence-electron chi connectivity index (χ3n) is 6.92. The van der Waals surface area contributed by atoms with Gasteiger partial charge in [-0.25, -0.2) is 9.97 Å². The zero-order chi connectivity index (χ0) is 24.4. The highest BCUT2D eigenvalue weighted by Crippen LogP contribution is 2.37. The minimum absolute atomic E-state index is 0.00969. The molecule has 1 aromatic carbocycles. The Morgan fingerprint density at radius 1 is 1.23 bits per heavy atom. The Bertz CT molecular complexity index is 1190. The molecule has 186 valence electrons. The highest BCUT2D eigenvalue weighted by Gasteiger charge is 2.25. The van der Waals surface area contributed by atoms with Crippen molar-refractivity contribution in [1.29, 1.82) is 0 Å². The largest absolute Gasteiger partial charge is 0.354 e. The predicted octanol–water partition coefficient (Wildman–Crippen LogP) is 4.73. The van der Waals surface area contributed by atoms with Gasteiger partial charge in [0.2, 0.25) is 5.95 Å². The number of carbonyl (C=O) groups excluding carboxylic acids is 1. The topological polar surface area (TPSA) is 73.4 Å². The molecule has 5 rings (SSSR count). The molecule has 0 bridgehead atoms. The monoisotopic (exact) mass is 512 g/mol. The van der Waals surface area contributed by atoms with Crippen LogP contribution >= 0.6 is 22.9 Å². The van der Waals surface area contributed by atoms with Crippen LogP contribution in [-0.4, -0.2) is 78.0 Å². The van der Waals surface area contributed by atoms with Gasteiger partial charge in [-0.05, 0) is 84.0 Å². The molecule has 2 N–H and O–H groups in total. The minimum atomic E-state index is -0.00969. The fourth-order valence-corrected chi connectivity index (χ4v) is 5.99. The molecule has 3 aromatic rings.